The quantitative estimate of drug-likeness (QED) is 0.0846. The fourth-order valence-corrected chi connectivity index (χ4v) is 13.1. The van der Waals surface area contributed by atoms with Gasteiger partial charge in [0.05, 0.1) is 22.3 Å². The molecular weight excluding hydrogens is 1070 g/mol. The van der Waals surface area contributed by atoms with Crippen molar-refractivity contribution < 1.29 is 61.7 Å². The molecule has 0 saturated carbocycles. The molecule has 0 fully saturated rings. The summed E-state index contributed by atoms with van der Waals surface area (Å²) in [7, 11) is -4.61. The minimum absolute atomic E-state index is 0.229. The molecule has 0 bridgehead atoms. The van der Waals surface area contributed by atoms with Crippen molar-refractivity contribution in [3.8, 4) is 22.6 Å². The van der Waals surface area contributed by atoms with Crippen LogP contribution in [-0.2, 0) is 37.5 Å². The second kappa shape index (κ2) is 22.3. The normalized spacial score (nSPS) is 12.4. The Morgan fingerprint density at radius 2 is 0.551 bits per heavy atom. The summed E-state index contributed by atoms with van der Waals surface area (Å²) < 4.78 is 184. The Hall–Kier alpha value is -6.62. The van der Waals surface area contributed by atoms with Crippen molar-refractivity contribution in [2.45, 2.75) is 92.9 Å². The molecule has 0 aromatic heterocycles. The summed E-state index contributed by atoms with van der Waals surface area (Å²) in [4.78, 5) is 0. The molecule has 0 N–H and O–H groups in total. The average molecular weight is 1120 g/mol. The summed E-state index contributed by atoms with van der Waals surface area (Å²) in [6.45, 7) is 15.2. The van der Waals surface area contributed by atoms with Gasteiger partial charge in [0.1, 0.15) is 11.5 Å². The van der Waals surface area contributed by atoms with Gasteiger partial charge < -0.3 is 9.05 Å². The third kappa shape index (κ3) is 13.1. The number of hydrogen-bond donors (Lipinski definition) is 0. The molecule has 8 aromatic carbocycles. The van der Waals surface area contributed by atoms with Crippen molar-refractivity contribution in [1.82, 2.24) is 0 Å². The van der Waals surface area contributed by atoms with Crippen LogP contribution in [0.25, 0.3) is 11.1 Å². The van der Waals surface area contributed by atoms with E-state index in [1.54, 1.807) is 0 Å². The fourth-order valence-electron chi connectivity index (χ4n) is 9.62. The van der Waals surface area contributed by atoms with Gasteiger partial charge in [0.15, 0.2) is 16.3 Å². The van der Waals surface area contributed by atoms with Gasteiger partial charge in [-0.2, -0.15) is 52.7 Å². The van der Waals surface area contributed by atoms with Crippen LogP contribution < -0.4 is 30.3 Å². The number of alkyl halides is 12. The third-order valence-electron chi connectivity index (χ3n) is 13.4. The Morgan fingerprint density at radius 1 is 0.321 bits per heavy atom. The number of aryl methyl sites for hydroxylation is 6. The molecule has 0 radical (unpaired) electrons. The maximum atomic E-state index is 14.1. The molecule has 8 aromatic rings. The zero-order valence-electron chi connectivity index (χ0n) is 43.5. The van der Waals surface area contributed by atoms with Crippen molar-refractivity contribution in [2.75, 3.05) is 0 Å². The standard InChI is InChI=1S/C62H52F12O2P2/c1-35-25-36(2)28-43(27-35)33-45-31-39(5)41(7)55(57(45)75-77(51-17-9-47(10-18-51)59(63,64)65)52-19-11-48(12-20-52)60(66,67)68)56-42(8)40(6)32-46(34-44-29-37(3)26-38(4)30-44)58(56)76-78(53-21-13-49(14-22-53)61(69,70)71)54-23-15-50(16-24-54)62(72,73)74/h9-32H,33-34H2,1-8H3. The molecule has 0 spiro atoms. The van der Waals surface area contributed by atoms with Crippen molar-refractivity contribution in [3.05, 3.63) is 235 Å². The second-order valence-electron chi connectivity index (χ2n) is 19.7. The van der Waals surface area contributed by atoms with E-state index in [0.717, 1.165) is 93.0 Å². The smallest absolute Gasteiger partial charge is 0.416 e. The van der Waals surface area contributed by atoms with Crippen molar-refractivity contribution >= 4 is 37.5 Å². The lowest BCUT2D eigenvalue weighted by Crippen LogP contribution is -2.19. The van der Waals surface area contributed by atoms with Gasteiger partial charge in [-0.15, -0.1) is 0 Å². The monoisotopic (exact) mass is 1120 g/mol. The number of benzene rings is 8. The minimum Gasteiger partial charge on any atom is -0.464 e. The number of hydrogen-bond acceptors (Lipinski definition) is 2. The average Bonchev–Trinajstić information content (AvgIpc) is 3.34. The topological polar surface area (TPSA) is 18.5 Å². The second-order valence-corrected chi connectivity index (χ2v) is 23.3. The summed E-state index contributed by atoms with van der Waals surface area (Å²) in [5.74, 6) is 0.458. The van der Waals surface area contributed by atoms with Crippen LogP contribution in [-0.4, -0.2) is 0 Å². The van der Waals surface area contributed by atoms with Gasteiger partial charge in [-0.05, 0) is 148 Å². The van der Waals surface area contributed by atoms with Gasteiger partial charge >= 0.3 is 24.7 Å². The highest BCUT2D eigenvalue weighted by atomic mass is 31.1. The van der Waals surface area contributed by atoms with Crippen molar-refractivity contribution in [2.24, 2.45) is 0 Å². The van der Waals surface area contributed by atoms with E-state index < -0.39 is 63.3 Å². The van der Waals surface area contributed by atoms with E-state index in [9.17, 15) is 52.7 Å². The van der Waals surface area contributed by atoms with E-state index in [4.69, 9.17) is 9.05 Å². The molecule has 0 heterocycles. The molecule has 0 aliphatic heterocycles. The van der Waals surface area contributed by atoms with Gasteiger partial charge in [-0.1, -0.05) is 119 Å². The van der Waals surface area contributed by atoms with Gasteiger partial charge in [0, 0.05) is 45.2 Å². The Balaban J connectivity index is 1.47. The van der Waals surface area contributed by atoms with Gasteiger partial charge in [0.25, 0.3) is 0 Å². The largest absolute Gasteiger partial charge is 0.464 e. The van der Waals surface area contributed by atoms with E-state index in [2.05, 4.69) is 0 Å². The molecule has 0 aliphatic rings. The van der Waals surface area contributed by atoms with Crippen LogP contribution >= 0.6 is 16.3 Å². The predicted molar refractivity (Wildman–Crippen MR) is 288 cm³/mol. The minimum atomic E-state index is -4.72. The predicted octanol–water partition coefficient (Wildman–Crippen LogP) is 17.9. The maximum absolute atomic E-state index is 14.1. The van der Waals surface area contributed by atoms with E-state index in [1.807, 2.05) is 104 Å². The zero-order valence-corrected chi connectivity index (χ0v) is 45.3. The molecule has 0 atom stereocenters. The van der Waals surface area contributed by atoms with Gasteiger partial charge in [-0.25, -0.2) is 0 Å². The first kappa shape index (κ1) is 57.6. The Bertz CT molecular complexity index is 3080. The molecule has 16 heteroatoms. The highest BCUT2D eigenvalue weighted by Crippen LogP contribution is 2.54. The molecule has 0 unspecified atom stereocenters. The molecule has 0 aliphatic carbocycles. The SMILES string of the molecule is Cc1cc(C)cc(Cc2cc(C)c(C)c(-c3c(C)c(C)cc(Cc4cc(C)cc(C)c4)c3OP(c3ccc(C(F)(F)F)cc3)c3ccc(C(F)(F)F)cc3)c2OP(c2ccc(C(F)(F)F)cc2)c2ccc(C(F)(F)F)cc2)c1. The molecule has 8 rings (SSSR count). The Kier molecular flexibility index (Phi) is 16.4. The van der Waals surface area contributed by atoms with Crippen LogP contribution in [0.1, 0.15) is 89.0 Å². The fraction of sp³-hybridized carbons (Fsp3) is 0.226. The first-order valence-corrected chi connectivity index (χ1v) is 27.0. The molecule has 2 nitrogen and oxygen atoms in total. The first-order chi connectivity index (χ1) is 36.4. The summed E-state index contributed by atoms with van der Waals surface area (Å²) in [5, 5.41) is 0.946. The van der Waals surface area contributed by atoms with E-state index in [-0.39, 0.29) is 45.6 Å². The Labute approximate surface area is 447 Å². The first-order valence-electron chi connectivity index (χ1n) is 24.5. The summed E-state index contributed by atoms with van der Waals surface area (Å²) in [6.07, 6.45) is -18.4. The number of halogens is 12. The van der Waals surface area contributed by atoms with E-state index >= 15 is 0 Å². The summed E-state index contributed by atoms with van der Waals surface area (Å²) >= 11 is 0. The summed E-state index contributed by atoms with van der Waals surface area (Å²) in [6, 6.07) is 32.9. The number of rotatable bonds is 13. The van der Waals surface area contributed by atoms with Crippen LogP contribution in [0.4, 0.5) is 52.7 Å². The van der Waals surface area contributed by atoms with Gasteiger partial charge in [0.2, 0.25) is 0 Å². The van der Waals surface area contributed by atoms with Crippen molar-refractivity contribution in [1.29, 1.82) is 0 Å². The van der Waals surface area contributed by atoms with Gasteiger partial charge in [-0.3, -0.25) is 0 Å². The zero-order chi connectivity index (χ0) is 56.8. The Morgan fingerprint density at radius 3 is 0.769 bits per heavy atom. The highest BCUT2D eigenvalue weighted by Gasteiger charge is 2.36. The summed E-state index contributed by atoms with van der Waals surface area (Å²) in [5.41, 5.74) is 6.63. The molecule has 0 amide bonds. The van der Waals surface area contributed by atoms with Crippen LogP contribution in [0.15, 0.2) is 146 Å². The van der Waals surface area contributed by atoms with E-state index in [0.29, 0.717) is 33.4 Å². The molecule has 78 heavy (non-hydrogen) atoms. The van der Waals surface area contributed by atoms with Crippen LogP contribution in [0.5, 0.6) is 11.5 Å². The lowest BCUT2D eigenvalue weighted by atomic mass is 9.85. The molecular formula is C62H52F12O2P2. The van der Waals surface area contributed by atoms with Crippen LogP contribution in [0.2, 0.25) is 0 Å². The van der Waals surface area contributed by atoms with Crippen LogP contribution in [0, 0.1) is 55.4 Å². The highest BCUT2D eigenvalue weighted by molar-refractivity contribution is 7.69. The van der Waals surface area contributed by atoms with Crippen LogP contribution in [0.3, 0.4) is 0 Å². The maximum Gasteiger partial charge on any atom is 0.416 e. The molecule has 406 valence electrons. The lowest BCUT2D eigenvalue weighted by Gasteiger charge is -2.30. The lowest BCUT2D eigenvalue weighted by molar-refractivity contribution is -0.138. The van der Waals surface area contributed by atoms with Crippen molar-refractivity contribution in [3.63, 3.8) is 0 Å². The third-order valence-corrected chi connectivity index (χ3v) is 17.2. The molecule has 0 saturated heterocycles. The van der Waals surface area contributed by atoms with E-state index in [1.165, 1.54) is 48.5 Å².